The summed E-state index contributed by atoms with van der Waals surface area (Å²) in [6.07, 6.45) is 0. The summed E-state index contributed by atoms with van der Waals surface area (Å²) in [5.41, 5.74) is 1.24. The van der Waals surface area contributed by atoms with E-state index >= 15 is 0 Å². The minimum absolute atomic E-state index is 0. The summed E-state index contributed by atoms with van der Waals surface area (Å²) in [7, 11) is 0. The van der Waals surface area contributed by atoms with E-state index in [9.17, 15) is 4.79 Å². The Bertz CT molecular complexity index is 469. The average molecular weight is 238 g/mol. The molecule has 3 heteroatoms. The van der Waals surface area contributed by atoms with Crippen molar-refractivity contribution in [3.05, 3.63) is 65.7 Å². The first-order chi connectivity index (χ1) is 7.27. The normalized spacial score (nSPS) is 9.25. The van der Waals surface area contributed by atoms with Crippen molar-refractivity contribution in [1.82, 2.24) is 0 Å². The standard InChI is InChI=1S/C13H10O2.K.H/c14-12-8-6-11(7-9-12)13(15)10-4-2-1-3-5-10;;/h1-9,14H;;/q;+1;-1. The molecule has 0 heterocycles. The van der Waals surface area contributed by atoms with Crippen molar-refractivity contribution in [2.45, 2.75) is 0 Å². The molecule has 0 fully saturated rings. The topological polar surface area (TPSA) is 37.3 Å². The maximum Gasteiger partial charge on any atom is 1.00 e. The number of benzene rings is 2. The van der Waals surface area contributed by atoms with Gasteiger partial charge in [-0.3, -0.25) is 4.79 Å². The molecule has 0 amide bonds. The molecule has 1 N–H and O–H groups in total. The molecule has 2 nitrogen and oxygen atoms in total. The summed E-state index contributed by atoms with van der Waals surface area (Å²) in [4.78, 5) is 11.9. The summed E-state index contributed by atoms with van der Waals surface area (Å²) in [6.45, 7) is 0. The van der Waals surface area contributed by atoms with Crippen molar-refractivity contribution in [3.63, 3.8) is 0 Å². The molecular weight excluding hydrogens is 227 g/mol. The van der Waals surface area contributed by atoms with Gasteiger partial charge in [0.1, 0.15) is 5.75 Å². The number of carbonyl (C=O) groups is 1. The van der Waals surface area contributed by atoms with E-state index in [2.05, 4.69) is 0 Å². The Morgan fingerprint density at radius 2 is 1.38 bits per heavy atom. The Balaban J connectivity index is 0.00000128. The Morgan fingerprint density at radius 3 is 1.94 bits per heavy atom. The molecule has 2 rings (SSSR count). The van der Waals surface area contributed by atoms with Gasteiger partial charge in [0.15, 0.2) is 5.78 Å². The Kier molecular flexibility index (Phi) is 5.38. The van der Waals surface area contributed by atoms with Crippen molar-refractivity contribution in [1.29, 1.82) is 0 Å². The van der Waals surface area contributed by atoms with Gasteiger partial charge < -0.3 is 6.53 Å². The third kappa shape index (κ3) is 3.27. The molecule has 0 atom stereocenters. The van der Waals surface area contributed by atoms with E-state index in [0.29, 0.717) is 11.1 Å². The van der Waals surface area contributed by atoms with Crippen LogP contribution >= 0.6 is 0 Å². The van der Waals surface area contributed by atoms with E-state index in [0.717, 1.165) is 0 Å². The van der Waals surface area contributed by atoms with Gasteiger partial charge in [0, 0.05) is 11.1 Å². The van der Waals surface area contributed by atoms with Crippen LogP contribution in [0.25, 0.3) is 0 Å². The van der Waals surface area contributed by atoms with Crippen LogP contribution in [0, 0.1) is 0 Å². The fraction of sp³-hybridized carbons (Fsp3) is 0. The largest absolute Gasteiger partial charge is 1.00 e. The average Bonchev–Trinajstić information content (AvgIpc) is 2.30. The Labute approximate surface area is 138 Å². The maximum atomic E-state index is 11.9. The smallest absolute Gasteiger partial charge is 1.00 e. The SMILES string of the molecule is O=C(c1ccccc1)c1ccc(O)cc1.[H-].[K+]. The van der Waals surface area contributed by atoms with Gasteiger partial charge in [-0.1, -0.05) is 30.3 Å². The number of aromatic hydroxyl groups is 1. The fourth-order valence-corrected chi connectivity index (χ4v) is 1.37. The van der Waals surface area contributed by atoms with Crippen LogP contribution < -0.4 is 51.4 Å². The Hall–Kier alpha value is -0.454. The quantitative estimate of drug-likeness (QED) is 0.578. The van der Waals surface area contributed by atoms with Crippen molar-refractivity contribution >= 4 is 5.78 Å². The summed E-state index contributed by atoms with van der Waals surface area (Å²) in [6, 6.07) is 15.3. The zero-order chi connectivity index (χ0) is 10.7. The number of phenolic OH excluding ortho intramolecular Hbond substituents is 1. The van der Waals surface area contributed by atoms with Gasteiger partial charge in [0.25, 0.3) is 0 Å². The molecule has 0 bridgehead atoms. The summed E-state index contributed by atoms with van der Waals surface area (Å²) >= 11 is 0. The minimum atomic E-state index is -0.0319. The summed E-state index contributed by atoms with van der Waals surface area (Å²) in [5.74, 6) is 0.134. The van der Waals surface area contributed by atoms with Crippen LogP contribution in [0.15, 0.2) is 54.6 Å². The van der Waals surface area contributed by atoms with Crippen molar-refractivity contribution in [2.75, 3.05) is 0 Å². The third-order valence-corrected chi connectivity index (χ3v) is 2.17. The van der Waals surface area contributed by atoms with Crippen LogP contribution in [0.4, 0.5) is 0 Å². The number of rotatable bonds is 2. The molecule has 0 unspecified atom stereocenters. The van der Waals surface area contributed by atoms with Gasteiger partial charge in [-0.25, -0.2) is 0 Å². The number of carbonyl (C=O) groups excluding carboxylic acids is 1. The molecule has 0 aliphatic heterocycles. The summed E-state index contributed by atoms with van der Waals surface area (Å²) in [5, 5.41) is 9.10. The number of ketones is 1. The van der Waals surface area contributed by atoms with E-state index in [1.807, 2.05) is 18.2 Å². The first kappa shape index (κ1) is 13.6. The van der Waals surface area contributed by atoms with E-state index < -0.39 is 0 Å². The van der Waals surface area contributed by atoms with Crippen LogP contribution in [-0.2, 0) is 0 Å². The van der Waals surface area contributed by atoms with Crippen molar-refractivity contribution < 1.29 is 62.7 Å². The predicted octanol–water partition coefficient (Wildman–Crippen LogP) is -0.260. The molecule has 76 valence electrons. The van der Waals surface area contributed by atoms with Crippen LogP contribution in [0.2, 0.25) is 0 Å². The Morgan fingerprint density at radius 1 is 0.875 bits per heavy atom. The van der Waals surface area contributed by atoms with E-state index in [-0.39, 0.29) is 64.3 Å². The predicted molar refractivity (Wildman–Crippen MR) is 59.1 cm³/mol. The molecule has 16 heavy (non-hydrogen) atoms. The van der Waals surface area contributed by atoms with Crippen LogP contribution in [0.3, 0.4) is 0 Å². The van der Waals surface area contributed by atoms with Gasteiger partial charge in [0.05, 0.1) is 0 Å². The molecule has 0 radical (unpaired) electrons. The fourth-order valence-electron chi connectivity index (χ4n) is 1.37. The molecule has 2 aromatic carbocycles. The van der Waals surface area contributed by atoms with E-state index in [4.69, 9.17) is 5.11 Å². The first-order valence-corrected chi connectivity index (χ1v) is 4.66. The maximum absolute atomic E-state index is 11.9. The zero-order valence-electron chi connectivity index (χ0n) is 10.1. The second kappa shape index (κ2) is 6.32. The van der Waals surface area contributed by atoms with E-state index in [1.165, 1.54) is 12.1 Å². The van der Waals surface area contributed by atoms with Gasteiger partial charge in [0.2, 0.25) is 0 Å². The minimum Gasteiger partial charge on any atom is -1.00 e. The monoisotopic (exact) mass is 238 g/mol. The third-order valence-electron chi connectivity index (χ3n) is 2.17. The molecule has 0 saturated carbocycles. The van der Waals surface area contributed by atoms with E-state index in [1.54, 1.807) is 24.3 Å². The van der Waals surface area contributed by atoms with Crippen molar-refractivity contribution in [2.24, 2.45) is 0 Å². The first-order valence-electron chi connectivity index (χ1n) is 4.66. The van der Waals surface area contributed by atoms with Crippen LogP contribution in [0.5, 0.6) is 5.75 Å². The molecule has 2 aromatic rings. The van der Waals surface area contributed by atoms with Crippen LogP contribution in [-0.4, -0.2) is 10.9 Å². The van der Waals surface area contributed by atoms with Gasteiger partial charge >= 0.3 is 51.4 Å². The molecular formula is C13H11KO2. The summed E-state index contributed by atoms with van der Waals surface area (Å²) < 4.78 is 0. The molecule has 0 aromatic heterocycles. The molecule has 0 aliphatic rings. The number of hydrogen-bond acceptors (Lipinski definition) is 2. The number of phenols is 1. The van der Waals surface area contributed by atoms with Gasteiger partial charge in [-0.2, -0.15) is 0 Å². The number of hydrogen-bond donors (Lipinski definition) is 1. The van der Waals surface area contributed by atoms with Crippen molar-refractivity contribution in [3.8, 4) is 5.75 Å². The molecule has 0 saturated heterocycles. The molecule has 0 spiro atoms. The van der Waals surface area contributed by atoms with Crippen LogP contribution in [0.1, 0.15) is 17.3 Å². The van der Waals surface area contributed by atoms with Gasteiger partial charge in [-0.05, 0) is 24.3 Å². The second-order valence-electron chi connectivity index (χ2n) is 3.24. The zero-order valence-corrected chi connectivity index (χ0v) is 12.2. The van der Waals surface area contributed by atoms with Gasteiger partial charge in [-0.15, -0.1) is 0 Å². The molecule has 0 aliphatic carbocycles. The second-order valence-corrected chi connectivity index (χ2v) is 3.24.